The number of thioether (sulfide) groups is 1. The molecule has 1 amide bonds. The lowest BCUT2D eigenvalue weighted by Gasteiger charge is -2.11. The average molecular weight is 280 g/mol. The van der Waals surface area contributed by atoms with Gasteiger partial charge in [0.25, 0.3) is 5.91 Å². The topological polar surface area (TPSA) is 88.0 Å². The predicted octanol–water partition coefficient (Wildman–Crippen LogP) is 1.58. The van der Waals surface area contributed by atoms with Crippen LogP contribution in [0.5, 0.6) is 0 Å². The molecule has 1 aromatic rings. The highest BCUT2D eigenvalue weighted by atomic mass is 32.2. The monoisotopic (exact) mass is 280 g/mol. The van der Waals surface area contributed by atoms with Crippen molar-refractivity contribution in [1.29, 1.82) is 0 Å². The van der Waals surface area contributed by atoms with Gasteiger partial charge in [0.15, 0.2) is 5.71 Å². The number of carboxylic acids is 1. The van der Waals surface area contributed by atoms with Crippen molar-refractivity contribution in [2.75, 3.05) is 11.6 Å². The largest absolute Gasteiger partial charge is 0.477 e. The fraction of sp³-hybridized carbons (Fsp3) is 0.250. The molecule has 2 N–H and O–H groups in total. The zero-order chi connectivity index (χ0) is 13.8. The minimum atomic E-state index is -1.17. The Morgan fingerprint density at radius 1 is 1.47 bits per heavy atom. The first-order valence-corrected chi connectivity index (χ1v) is 6.74. The lowest BCUT2D eigenvalue weighted by molar-refractivity contribution is -0.129. The number of aliphatic carboxylic acids is 1. The molecular formula is C12H12N2O4S. The van der Waals surface area contributed by atoms with Gasteiger partial charge in [0.05, 0.1) is 5.69 Å². The molecule has 0 saturated carbocycles. The van der Waals surface area contributed by atoms with Crippen LogP contribution in [0.25, 0.3) is 0 Å². The Balaban J connectivity index is 2.01. The number of oxime groups is 1. The first-order chi connectivity index (χ1) is 9.11. The molecule has 0 spiro atoms. The summed E-state index contributed by atoms with van der Waals surface area (Å²) in [5.74, 6) is -1.57. The van der Waals surface area contributed by atoms with Crippen molar-refractivity contribution in [1.82, 2.24) is 0 Å². The maximum Gasteiger partial charge on any atom is 0.353 e. The van der Waals surface area contributed by atoms with Crippen molar-refractivity contribution in [3.05, 3.63) is 24.3 Å². The summed E-state index contributed by atoms with van der Waals surface area (Å²) in [6, 6.07) is 7.34. The number of hydrogen-bond acceptors (Lipinski definition) is 5. The van der Waals surface area contributed by atoms with Gasteiger partial charge in [0.2, 0.25) is 6.10 Å². The molecule has 0 aliphatic carbocycles. The van der Waals surface area contributed by atoms with E-state index in [-0.39, 0.29) is 12.1 Å². The van der Waals surface area contributed by atoms with E-state index in [1.807, 2.05) is 24.5 Å². The molecule has 1 unspecified atom stereocenters. The van der Waals surface area contributed by atoms with Gasteiger partial charge in [-0.15, -0.1) is 11.8 Å². The normalized spacial score (nSPS) is 17.5. The standard InChI is InChI=1S/C12H12N2O4S/c1-19-10-5-3-2-4-7(10)13-11(15)9-6-8(12(16)17)14-18-9/h2-5,9H,6H2,1H3,(H,13,15)(H,16,17). The van der Waals surface area contributed by atoms with Gasteiger partial charge in [-0.3, -0.25) is 4.79 Å². The molecule has 100 valence electrons. The van der Waals surface area contributed by atoms with Crippen molar-refractivity contribution in [2.24, 2.45) is 5.16 Å². The Labute approximate surface area is 113 Å². The van der Waals surface area contributed by atoms with Crippen LogP contribution >= 0.6 is 11.8 Å². The highest BCUT2D eigenvalue weighted by Gasteiger charge is 2.31. The summed E-state index contributed by atoms with van der Waals surface area (Å²) in [6.07, 6.45) is 0.992. The quantitative estimate of drug-likeness (QED) is 0.817. The fourth-order valence-electron chi connectivity index (χ4n) is 1.61. The van der Waals surface area contributed by atoms with Crippen molar-refractivity contribution >= 4 is 35.0 Å². The van der Waals surface area contributed by atoms with Gasteiger partial charge in [0.1, 0.15) is 0 Å². The van der Waals surface area contributed by atoms with Gasteiger partial charge >= 0.3 is 5.97 Å². The molecule has 1 heterocycles. The van der Waals surface area contributed by atoms with Crippen LogP contribution in [0.2, 0.25) is 0 Å². The number of carbonyl (C=O) groups excluding carboxylic acids is 1. The third-order valence-corrected chi connectivity index (χ3v) is 3.37. The number of anilines is 1. The zero-order valence-electron chi connectivity index (χ0n) is 10.1. The summed E-state index contributed by atoms with van der Waals surface area (Å²) in [5, 5.41) is 14.8. The average Bonchev–Trinajstić information content (AvgIpc) is 2.89. The lowest BCUT2D eigenvalue weighted by atomic mass is 10.1. The maximum absolute atomic E-state index is 11.9. The van der Waals surface area contributed by atoms with E-state index in [1.54, 1.807) is 6.07 Å². The number of benzene rings is 1. The predicted molar refractivity (Wildman–Crippen MR) is 71.4 cm³/mol. The maximum atomic E-state index is 11.9. The van der Waals surface area contributed by atoms with Gasteiger partial charge in [-0.1, -0.05) is 17.3 Å². The second-order valence-corrected chi connectivity index (χ2v) is 4.68. The molecule has 0 aromatic heterocycles. The van der Waals surface area contributed by atoms with E-state index in [9.17, 15) is 9.59 Å². The van der Waals surface area contributed by atoms with Crippen LogP contribution in [0.4, 0.5) is 5.69 Å². The van der Waals surface area contributed by atoms with Crippen LogP contribution in [-0.4, -0.2) is 35.1 Å². The van der Waals surface area contributed by atoms with Crippen LogP contribution < -0.4 is 5.32 Å². The SMILES string of the molecule is CSc1ccccc1NC(=O)C1CC(C(=O)O)=NO1. The Hall–Kier alpha value is -2.02. The lowest BCUT2D eigenvalue weighted by Crippen LogP contribution is -2.29. The minimum absolute atomic E-state index is 0.0252. The molecule has 6 nitrogen and oxygen atoms in total. The second-order valence-electron chi connectivity index (χ2n) is 3.83. The Morgan fingerprint density at radius 2 is 2.21 bits per heavy atom. The minimum Gasteiger partial charge on any atom is -0.477 e. The molecule has 1 aromatic carbocycles. The molecule has 1 aliphatic heterocycles. The van der Waals surface area contributed by atoms with E-state index in [1.165, 1.54) is 11.8 Å². The molecule has 0 bridgehead atoms. The molecule has 19 heavy (non-hydrogen) atoms. The van der Waals surface area contributed by atoms with Gasteiger partial charge in [-0.2, -0.15) is 0 Å². The number of para-hydroxylation sites is 1. The van der Waals surface area contributed by atoms with Crippen LogP contribution in [-0.2, 0) is 14.4 Å². The first-order valence-electron chi connectivity index (χ1n) is 5.51. The summed E-state index contributed by atoms with van der Waals surface area (Å²) >= 11 is 1.51. The Kier molecular flexibility index (Phi) is 4.06. The summed E-state index contributed by atoms with van der Waals surface area (Å²) in [7, 11) is 0. The number of nitrogens with one attached hydrogen (secondary N) is 1. The van der Waals surface area contributed by atoms with E-state index in [0.29, 0.717) is 5.69 Å². The summed E-state index contributed by atoms with van der Waals surface area (Å²) in [4.78, 5) is 28.4. The molecular weight excluding hydrogens is 268 g/mol. The number of nitrogens with zero attached hydrogens (tertiary/aromatic N) is 1. The number of carboxylic acid groups (broad SMARTS) is 1. The highest BCUT2D eigenvalue weighted by Crippen LogP contribution is 2.25. The van der Waals surface area contributed by atoms with Crippen LogP contribution in [0.3, 0.4) is 0 Å². The van der Waals surface area contributed by atoms with E-state index in [0.717, 1.165) is 4.90 Å². The molecule has 0 fully saturated rings. The molecule has 1 atom stereocenters. The van der Waals surface area contributed by atoms with Gasteiger partial charge in [-0.05, 0) is 18.4 Å². The number of carbonyl (C=O) groups is 2. The molecule has 1 aliphatic rings. The molecule has 2 rings (SSSR count). The fourth-order valence-corrected chi connectivity index (χ4v) is 2.16. The number of rotatable bonds is 4. The molecule has 0 radical (unpaired) electrons. The van der Waals surface area contributed by atoms with E-state index in [4.69, 9.17) is 9.94 Å². The van der Waals surface area contributed by atoms with Crippen molar-refractivity contribution in [2.45, 2.75) is 17.4 Å². The summed E-state index contributed by atoms with van der Waals surface area (Å²) in [5.41, 5.74) is 0.533. The summed E-state index contributed by atoms with van der Waals surface area (Å²) < 4.78 is 0. The first kappa shape index (κ1) is 13.4. The van der Waals surface area contributed by atoms with Crippen LogP contribution in [0.15, 0.2) is 34.3 Å². The Morgan fingerprint density at radius 3 is 2.84 bits per heavy atom. The Bertz CT molecular complexity index is 544. The number of hydrogen-bond donors (Lipinski definition) is 2. The van der Waals surface area contributed by atoms with E-state index < -0.39 is 18.0 Å². The smallest absolute Gasteiger partial charge is 0.353 e. The van der Waals surface area contributed by atoms with Crippen LogP contribution in [0.1, 0.15) is 6.42 Å². The van der Waals surface area contributed by atoms with Crippen molar-refractivity contribution in [3.63, 3.8) is 0 Å². The third-order valence-electron chi connectivity index (χ3n) is 2.57. The van der Waals surface area contributed by atoms with Gasteiger partial charge < -0.3 is 15.3 Å². The van der Waals surface area contributed by atoms with E-state index in [2.05, 4.69) is 10.5 Å². The van der Waals surface area contributed by atoms with Crippen molar-refractivity contribution < 1.29 is 19.5 Å². The van der Waals surface area contributed by atoms with Crippen molar-refractivity contribution in [3.8, 4) is 0 Å². The molecule has 7 heteroatoms. The summed E-state index contributed by atoms with van der Waals surface area (Å²) in [6.45, 7) is 0. The van der Waals surface area contributed by atoms with Crippen LogP contribution in [0, 0.1) is 0 Å². The zero-order valence-corrected chi connectivity index (χ0v) is 10.9. The van der Waals surface area contributed by atoms with E-state index >= 15 is 0 Å². The highest BCUT2D eigenvalue weighted by molar-refractivity contribution is 7.98. The third kappa shape index (κ3) is 3.05. The van der Waals surface area contributed by atoms with Gasteiger partial charge in [-0.25, -0.2) is 4.79 Å². The second kappa shape index (κ2) is 5.75. The van der Waals surface area contributed by atoms with Gasteiger partial charge in [0, 0.05) is 11.3 Å². The number of amides is 1. The molecule has 0 saturated heterocycles.